The van der Waals surface area contributed by atoms with Crippen molar-refractivity contribution < 1.29 is 14.0 Å². The first-order chi connectivity index (χ1) is 11.1. The summed E-state index contributed by atoms with van der Waals surface area (Å²) in [7, 11) is 0. The number of amides is 1. The minimum atomic E-state index is -1.44. The van der Waals surface area contributed by atoms with Gasteiger partial charge in [0.2, 0.25) is 5.91 Å². The number of hydrogen-bond donors (Lipinski definition) is 1. The summed E-state index contributed by atoms with van der Waals surface area (Å²) in [5.74, 6) is -3.14. The summed E-state index contributed by atoms with van der Waals surface area (Å²) in [6.07, 6.45) is 2.58. The van der Waals surface area contributed by atoms with Crippen molar-refractivity contribution in [3.05, 3.63) is 72.1 Å². The van der Waals surface area contributed by atoms with E-state index in [0.29, 0.717) is 11.3 Å². The molecule has 0 aromatic heterocycles. The maximum Gasteiger partial charge on any atom is 0.249 e. The van der Waals surface area contributed by atoms with Crippen LogP contribution in [-0.4, -0.2) is 11.7 Å². The van der Waals surface area contributed by atoms with Gasteiger partial charge in [-0.3, -0.25) is 9.59 Å². The second-order valence-electron chi connectivity index (χ2n) is 4.70. The standard InChI is InChI=1S/C18H13FN2O2/c19-14-9-6-13(7-10-14)8-11-17(22)16(12-20)18(23)21-15-4-2-1-3-5-15/h1-11,16H,(H,21,23)/b11-8+/t16-/m1/s1. The monoisotopic (exact) mass is 308 g/mol. The Kier molecular flexibility index (Phi) is 5.37. The van der Waals surface area contributed by atoms with Crippen molar-refractivity contribution in [2.24, 2.45) is 5.92 Å². The Hall–Kier alpha value is -3.26. The third-order valence-corrected chi connectivity index (χ3v) is 3.03. The number of hydrogen-bond acceptors (Lipinski definition) is 3. The van der Waals surface area contributed by atoms with Crippen molar-refractivity contribution in [2.45, 2.75) is 0 Å². The molecule has 114 valence electrons. The van der Waals surface area contributed by atoms with Gasteiger partial charge in [-0.2, -0.15) is 5.26 Å². The Morgan fingerprint density at radius 2 is 1.74 bits per heavy atom. The summed E-state index contributed by atoms with van der Waals surface area (Å²) in [6, 6.07) is 15.8. The number of carbonyl (C=O) groups excluding carboxylic acids is 2. The van der Waals surface area contributed by atoms with E-state index in [-0.39, 0.29) is 5.82 Å². The van der Waals surface area contributed by atoms with Crippen LogP contribution in [0.5, 0.6) is 0 Å². The van der Waals surface area contributed by atoms with E-state index in [0.717, 1.165) is 6.08 Å². The van der Waals surface area contributed by atoms with Crippen molar-refractivity contribution in [3.8, 4) is 6.07 Å². The quantitative estimate of drug-likeness (QED) is 0.681. The minimum Gasteiger partial charge on any atom is -0.325 e. The van der Waals surface area contributed by atoms with Gasteiger partial charge in [-0.05, 0) is 35.9 Å². The molecule has 2 aromatic carbocycles. The lowest BCUT2D eigenvalue weighted by Gasteiger charge is -2.07. The van der Waals surface area contributed by atoms with Gasteiger partial charge in [0, 0.05) is 5.69 Å². The van der Waals surface area contributed by atoms with Crippen LogP contribution in [0.1, 0.15) is 5.56 Å². The van der Waals surface area contributed by atoms with Crippen LogP contribution in [0.3, 0.4) is 0 Å². The predicted octanol–water partition coefficient (Wildman–Crippen LogP) is 3.19. The molecule has 0 heterocycles. The molecule has 23 heavy (non-hydrogen) atoms. The molecule has 5 heteroatoms. The summed E-state index contributed by atoms with van der Waals surface area (Å²) in [4.78, 5) is 24.0. The smallest absolute Gasteiger partial charge is 0.249 e. The number of benzene rings is 2. The number of para-hydroxylation sites is 1. The molecule has 0 radical (unpaired) electrons. The molecule has 4 nitrogen and oxygen atoms in total. The molecule has 1 N–H and O–H groups in total. The molecule has 0 bridgehead atoms. The fourth-order valence-electron chi connectivity index (χ4n) is 1.84. The first-order valence-corrected chi connectivity index (χ1v) is 6.83. The molecule has 2 rings (SSSR count). The number of nitriles is 1. The fraction of sp³-hybridized carbons (Fsp3) is 0.0556. The summed E-state index contributed by atoms with van der Waals surface area (Å²) in [5, 5.41) is 11.6. The zero-order chi connectivity index (χ0) is 16.7. The van der Waals surface area contributed by atoms with E-state index in [4.69, 9.17) is 5.26 Å². The summed E-state index contributed by atoms with van der Waals surface area (Å²) < 4.78 is 12.8. The van der Waals surface area contributed by atoms with Gasteiger partial charge in [0.25, 0.3) is 0 Å². The van der Waals surface area contributed by atoms with Crippen LogP contribution in [0, 0.1) is 23.1 Å². The van der Waals surface area contributed by atoms with Gasteiger partial charge < -0.3 is 5.32 Å². The number of nitrogens with one attached hydrogen (secondary N) is 1. The Morgan fingerprint density at radius 3 is 2.35 bits per heavy atom. The lowest BCUT2D eigenvalue weighted by molar-refractivity contribution is -0.126. The average molecular weight is 308 g/mol. The highest BCUT2D eigenvalue weighted by molar-refractivity contribution is 6.14. The number of anilines is 1. The highest BCUT2D eigenvalue weighted by atomic mass is 19.1. The van der Waals surface area contributed by atoms with E-state index >= 15 is 0 Å². The molecule has 2 aromatic rings. The van der Waals surface area contributed by atoms with Gasteiger partial charge >= 0.3 is 0 Å². The van der Waals surface area contributed by atoms with Gasteiger partial charge in [-0.25, -0.2) is 4.39 Å². The van der Waals surface area contributed by atoms with Crippen LogP contribution in [0.15, 0.2) is 60.7 Å². The first-order valence-electron chi connectivity index (χ1n) is 6.83. The molecule has 0 spiro atoms. The van der Waals surface area contributed by atoms with Gasteiger partial charge in [0.1, 0.15) is 5.82 Å². The van der Waals surface area contributed by atoms with E-state index in [1.54, 1.807) is 36.4 Å². The van der Waals surface area contributed by atoms with Crippen molar-refractivity contribution in [1.29, 1.82) is 5.26 Å². The molecule has 1 atom stereocenters. The van der Waals surface area contributed by atoms with Crippen molar-refractivity contribution in [3.63, 3.8) is 0 Å². The van der Waals surface area contributed by atoms with Gasteiger partial charge in [0.15, 0.2) is 11.7 Å². The lowest BCUT2D eigenvalue weighted by atomic mass is 10.0. The van der Waals surface area contributed by atoms with E-state index in [1.807, 2.05) is 0 Å². The zero-order valence-electron chi connectivity index (χ0n) is 12.1. The zero-order valence-corrected chi connectivity index (χ0v) is 12.1. The Bertz CT molecular complexity index is 762. The van der Waals surface area contributed by atoms with Gasteiger partial charge in [-0.15, -0.1) is 0 Å². The highest BCUT2D eigenvalue weighted by Gasteiger charge is 2.24. The predicted molar refractivity (Wildman–Crippen MR) is 84.6 cm³/mol. The number of allylic oxidation sites excluding steroid dienone is 1. The highest BCUT2D eigenvalue weighted by Crippen LogP contribution is 2.10. The topological polar surface area (TPSA) is 70.0 Å². The second kappa shape index (κ2) is 7.66. The van der Waals surface area contributed by atoms with E-state index in [2.05, 4.69) is 5.32 Å². The molecule has 0 saturated carbocycles. The normalized spacial score (nSPS) is 11.7. The van der Waals surface area contributed by atoms with Crippen molar-refractivity contribution in [1.82, 2.24) is 0 Å². The molecule has 1 amide bonds. The summed E-state index contributed by atoms with van der Waals surface area (Å²) in [5.41, 5.74) is 1.10. The first kappa shape index (κ1) is 16.1. The molecule has 0 saturated heterocycles. The Balaban J connectivity index is 2.05. The molecule has 0 aliphatic heterocycles. The van der Waals surface area contributed by atoms with Crippen LogP contribution in [0.4, 0.5) is 10.1 Å². The molecule has 0 aliphatic rings. The molecular formula is C18H13FN2O2. The van der Waals surface area contributed by atoms with Crippen LogP contribution in [-0.2, 0) is 9.59 Å². The van der Waals surface area contributed by atoms with E-state index < -0.39 is 17.6 Å². The Morgan fingerprint density at radius 1 is 1.09 bits per heavy atom. The third kappa shape index (κ3) is 4.61. The second-order valence-corrected chi connectivity index (χ2v) is 4.70. The maximum atomic E-state index is 12.8. The van der Waals surface area contributed by atoms with Crippen LogP contribution in [0.2, 0.25) is 0 Å². The Labute approximate surface area is 132 Å². The van der Waals surface area contributed by atoms with Gasteiger partial charge in [0.05, 0.1) is 6.07 Å². The number of ketones is 1. The third-order valence-electron chi connectivity index (χ3n) is 3.03. The average Bonchev–Trinajstić information content (AvgIpc) is 2.56. The minimum absolute atomic E-state index is 0.384. The molecule has 0 aliphatic carbocycles. The van der Waals surface area contributed by atoms with Crippen molar-refractivity contribution in [2.75, 3.05) is 5.32 Å². The number of nitrogens with zero attached hydrogens (tertiary/aromatic N) is 1. The fourth-order valence-corrected chi connectivity index (χ4v) is 1.84. The van der Waals surface area contributed by atoms with E-state index in [9.17, 15) is 14.0 Å². The number of halogens is 1. The lowest BCUT2D eigenvalue weighted by Crippen LogP contribution is -2.27. The largest absolute Gasteiger partial charge is 0.325 e. The summed E-state index contributed by atoms with van der Waals surface area (Å²) in [6.45, 7) is 0. The summed E-state index contributed by atoms with van der Waals surface area (Å²) >= 11 is 0. The van der Waals surface area contributed by atoms with E-state index in [1.165, 1.54) is 30.3 Å². The van der Waals surface area contributed by atoms with Crippen LogP contribution >= 0.6 is 0 Å². The number of carbonyl (C=O) groups is 2. The van der Waals surface area contributed by atoms with Crippen molar-refractivity contribution >= 4 is 23.5 Å². The number of rotatable bonds is 5. The SMILES string of the molecule is N#C[C@H](C(=O)/C=C/c1ccc(F)cc1)C(=O)Nc1ccccc1. The molecular weight excluding hydrogens is 295 g/mol. The van der Waals surface area contributed by atoms with Crippen LogP contribution < -0.4 is 5.32 Å². The van der Waals surface area contributed by atoms with Gasteiger partial charge in [-0.1, -0.05) is 36.4 Å². The maximum absolute atomic E-state index is 12.8. The van der Waals surface area contributed by atoms with Crippen LogP contribution in [0.25, 0.3) is 6.08 Å². The molecule has 0 unspecified atom stereocenters. The molecule has 0 fully saturated rings.